The third-order valence-electron chi connectivity index (χ3n) is 4.67. The van der Waals surface area contributed by atoms with Crippen LogP contribution in [0.15, 0.2) is 0 Å². The van der Waals surface area contributed by atoms with Gasteiger partial charge in [-0.05, 0) is 32.6 Å². The van der Waals surface area contributed by atoms with Crippen LogP contribution in [0, 0.1) is 0 Å². The van der Waals surface area contributed by atoms with Crippen molar-refractivity contribution in [1.29, 1.82) is 0 Å². The Balaban J connectivity index is 1.71. The van der Waals surface area contributed by atoms with E-state index in [1.54, 1.807) is 0 Å². The molecule has 2 nitrogen and oxygen atoms in total. The summed E-state index contributed by atoms with van der Waals surface area (Å²) in [6, 6.07) is 0. The Labute approximate surface area is 87.0 Å². The highest BCUT2D eigenvalue weighted by Crippen LogP contribution is 2.44. The highest BCUT2D eigenvalue weighted by molar-refractivity contribution is 5.07. The second kappa shape index (κ2) is 2.96. The van der Waals surface area contributed by atoms with Gasteiger partial charge in [-0.3, -0.25) is 4.90 Å². The summed E-state index contributed by atoms with van der Waals surface area (Å²) in [5.41, 5.74) is 1.11. The molecule has 14 heavy (non-hydrogen) atoms. The van der Waals surface area contributed by atoms with Crippen molar-refractivity contribution in [2.45, 2.75) is 56.5 Å². The van der Waals surface area contributed by atoms with E-state index in [0.717, 1.165) is 0 Å². The molecule has 0 amide bonds. The molecule has 3 fully saturated rings. The van der Waals surface area contributed by atoms with Crippen molar-refractivity contribution in [3.05, 3.63) is 0 Å². The first-order valence-electron chi connectivity index (χ1n) is 6.23. The Morgan fingerprint density at radius 1 is 1.07 bits per heavy atom. The van der Waals surface area contributed by atoms with E-state index in [9.17, 15) is 0 Å². The highest BCUT2D eigenvalue weighted by Gasteiger charge is 2.48. The average Bonchev–Trinajstić information content (AvgIpc) is 2.80. The van der Waals surface area contributed by atoms with Crippen molar-refractivity contribution in [2.24, 2.45) is 0 Å². The van der Waals surface area contributed by atoms with E-state index >= 15 is 0 Å². The van der Waals surface area contributed by atoms with E-state index in [-0.39, 0.29) is 0 Å². The van der Waals surface area contributed by atoms with Crippen LogP contribution in [0.5, 0.6) is 0 Å². The molecule has 1 spiro atoms. The minimum Gasteiger partial charge on any atom is -0.309 e. The molecule has 3 rings (SSSR count). The summed E-state index contributed by atoms with van der Waals surface area (Å²) < 4.78 is 0. The Bertz CT molecular complexity index is 226. The lowest BCUT2D eigenvalue weighted by atomic mass is 9.93. The molecule has 0 unspecified atom stereocenters. The SMILES string of the molecule is CC1(N2CCNC3(CCCC3)C2)CC1. The van der Waals surface area contributed by atoms with Crippen molar-refractivity contribution >= 4 is 0 Å². The minimum absolute atomic E-state index is 0.518. The van der Waals surface area contributed by atoms with Gasteiger partial charge in [-0.15, -0.1) is 0 Å². The van der Waals surface area contributed by atoms with Crippen LogP contribution in [0.3, 0.4) is 0 Å². The van der Waals surface area contributed by atoms with E-state index < -0.39 is 0 Å². The molecular formula is C12H22N2. The van der Waals surface area contributed by atoms with E-state index in [1.165, 1.54) is 58.2 Å². The summed E-state index contributed by atoms with van der Waals surface area (Å²) in [6.45, 7) is 6.26. The van der Waals surface area contributed by atoms with Gasteiger partial charge in [0.25, 0.3) is 0 Å². The number of hydrogen-bond donors (Lipinski definition) is 1. The molecule has 80 valence electrons. The molecule has 0 atom stereocenters. The maximum absolute atomic E-state index is 3.78. The first-order valence-corrected chi connectivity index (χ1v) is 6.23. The fraction of sp³-hybridized carbons (Fsp3) is 1.00. The second-order valence-corrected chi connectivity index (χ2v) is 5.83. The number of rotatable bonds is 1. The minimum atomic E-state index is 0.518. The molecule has 2 heteroatoms. The molecule has 1 aliphatic heterocycles. The monoisotopic (exact) mass is 194 g/mol. The van der Waals surface area contributed by atoms with Crippen LogP contribution in [0.2, 0.25) is 0 Å². The van der Waals surface area contributed by atoms with Crippen LogP contribution >= 0.6 is 0 Å². The number of nitrogens with zero attached hydrogens (tertiary/aromatic N) is 1. The fourth-order valence-electron chi connectivity index (χ4n) is 3.30. The van der Waals surface area contributed by atoms with Crippen molar-refractivity contribution in [3.8, 4) is 0 Å². The highest BCUT2D eigenvalue weighted by atomic mass is 15.3. The van der Waals surface area contributed by atoms with Gasteiger partial charge in [-0.1, -0.05) is 12.8 Å². The van der Waals surface area contributed by atoms with Crippen LogP contribution in [0.1, 0.15) is 45.4 Å². The van der Waals surface area contributed by atoms with E-state index in [2.05, 4.69) is 17.1 Å². The zero-order valence-electron chi connectivity index (χ0n) is 9.31. The Morgan fingerprint density at radius 2 is 1.79 bits per heavy atom. The molecule has 3 aliphatic rings. The standard InChI is InChI=1S/C12H22N2/c1-11(6-7-11)14-9-8-13-12(10-14)4-2-3-5-12/h13H,2-10H2,1H3. The van der Waals surface area contributed by atoms with Gasteiger partial charge in [0, 0.05) is 30.7 Å². The fourth-order valence-corrected chi connectivity index (χ4v) is 3.30. The predicted molar refractivity (Wildman–Crippen MR) is 58.4 cm³/mol. The summed E-state index contributed by atoms with van der Waals surface area (Å²) in [5.74, 6) is 0. The first-order chi connectivity index (χ1) is 6.73. The van der Waals surface area contributed by atoms with Gasteiger partial charge in [0.15, 0.2) is 0 Å². The Morgan fingerprint density at radius 3 is 2.43 bits per heavy atom. The molecular weight excluding hydrogens is 172 g/mol. The number of nitrogens with one attached hydrogen (secondary N) is 1. The summed E-state index contributed by atoms with van der Waals surface area (Å²) in [7, 11) is 0. The van der Waals surface area contributed by atoms with Crippen LogP contribution in [0.25, 0.3) is 0 Å². The van der Waals surface area contributed by atoms with E-state index in [1.807, 2.05) is 0 Å². The van der Waals surface area contributed by atoms with Gasteiger partial charge < -0.3 is 5.32 Å². The zero-order chi connectivity index (χ0) is 9.65. The Hall–Kier alpha value is -0.0800. The second-order valence-electron chi connectivity index (χ2n) is 5.83. The molecule has 0 aromatic heterocycles. The zero-order valence-corrected chi connectivity index (χ0v) is 9.31. The van der Waals surface area contributed by atoms with E-state index in [4.69, 9.17) is 0 Å². The maximum atomic E-state index is 3.78. The number of hydrogen-bond acceptors (Lipinski definition) is 2. The van der Waals surface area contributed by atoms with Crippen molar-refractivity contribution in [1.82, 2.24) is 10.2 Å². The van der Waals surface area contributed by atoms with Gasteiger partial charge in [0.05, 0.1) is 0 Å². The lowest BCUT2D eigenvalue weighted by Gasteiger charge is -2.44. The van der Waals surface area contributed by atoms with Gasteiger partial charge in [-0.2, -0.15) is 0 Å². The van der Waals surface area contributed by atoms with Crippen molar-refractivity contribution in [2.75, 3.05) is 19.6 Å². The van der Waals surface area contributed by atoms with Crippen molar-refractivity contribution < 1.29 is 0 Å². The third-order valence-corrected chi connectivity index (χ3v) is 4.67. The Kier molecular flexibility index (Phi) is 1.94. The normalized spacial score (nSPS) is 34.9. The average molecular weight is 194 g/mol. The topological polar surface area (TPSA) is 15.3 Å². The largest absolute Gasteiger partial charge is 0.309 e. The summed E-state index contributed by atoms with van der Waals surface area (Å²) in [5, 5.41) is 3.78. The molecule has 2 aliphatic carbocycles. The molecule has 0 radical (unpaired) electrons. The van der Waals surface area contributed by atoms with Crippen LogP contribution in [0.4, 0.5) is 0 Å². The lowest BCUT2D eigenvalue weighted by molar-refractivity contribution is 0.0895. The first kappa shape index (κ1) is 9.17. The molecule has 1 saturated heterocycles. The summed E-state index contributed by atoms with van der Waals surface area (Å²) >= 11 is 0. The summed E-state index contributed by atoms with van der Waals surface area (Å²) in [4.78, 5) is 2.76. The lowest BCUT2D eigenvalue weighted by Crippen LogP contribution is -2.61. The maximum Gasteiger partial charge on any atom is 0.0309 e. The molecule has 0 bridgehead atoms. The predicted octanol–water partition coefficient (Wildman–Crippen LogP) is 1.76. The third kappa shape index (κ3) is 1.40. The molecule has 1 heterocycles. The van der Waals surface area contributed by atoms with Crippen LogP contribution in [-0.2, 0) is 0 Å². The molecule has 1 N–H and O–H groups in total. The molecule has 0 aromatic carbocycles. The van der Waals surface area contributed by atoms with Gasteiger partial charge in [0.1, 0.15) is 0 Å². The molecule has 2 saturated carbocycles. The smallest absolute Gasteiger partial charge is 0.0309 e. The number of piperazine rings is 1. The van der Waals surface area contributed by atoms with Crippen molar-refractivity contribution in [3.63, 3.8) is 0 Å². The summed E-state index contributed by atoms with van der Waals surface area (Å²) in [6.07, 6.45) is 8.58. The van der Waals surface area contributed by atoms with Gasteiger partial charge in [0.2, 0.25) is 0 Å². The van der Waals surface area contributed by atoms with Gasteiger partial charge in [-0.25, -0.2) is 0 Å². The molecule has 0 aromatic rings. The van der Waals surface area contributed by atoms with Gasteiger partial charge >= 0.3 is 0 Å². The van der Waals surface area contributed by atoms with Crippen LogP contribution in [-0.4, -0.2) is 35.6 Å². The van der Waals surface area contributed by atoms with E-state index in [0.29, 0.717) is 11.1 Å². The van der Waals surface area contributed by atoms with Crippen LogP contribution < -0.4 is 5.32 Å². The quantitative estimate of drug-likeness (QED) is 0.684.